The van der Waals surface area contributed by atoms with Gasteiger partial charge in [0.25, 0.3) is 0 Å². The van der Waals surface area contributed by atoms with Crippen LogP contribution in [0.5, 0.6) is 0 Å². The van der Waals surface area contributed by atoms with E-state index in [1.54, 1.807) is 6.07 Å². The molecule has 1 N–H and O–H groups in total. The quantitative estimate of drug-likeness (QED) is 0.611. The summed E-state index contributed by atoms with van der Waals surface area (Å²) >= 11 is 1.28. The summed E-state index contributed by atoms with van der Waals surface area (Å²) in [5, 5.41) is 12.9. The second-order valence-corrected chi connectivity index (χ2v) is 7.48. The number of hydrogen-bond donors (Lipinski definition) is 1. The van der Waals surface area contributed by atoms with Gasteiger partial charge in [-0.2, -0.15) is 5.26 Å². The standard InChI is InChI=1S/C23H21N3OS/c1-16-8-10-19(11-9-16)21-13-12-20(14-24)23(26-21)28-15-22(27)25-17(2)18-6-4-3-5-7-18/h3-13,17H,15H2,1-2H3,(H,25,27)/t17-/m0/s1. The van der Waals surface area contributed by atoms with Crippen molar-refractivity contribution in [1.29, 1.82) is 5.26 Å². The van der Waals surface area contributed by atoms with Crippen LogP contribution in [0, 0.1) is 18.3 Å². The number of nitrogens with zero attached hydrogens (tertiary/aromatic N) is 2. The zero-order valence-corrected chi connectivity index (χ0v) is 16.7. The lowest BCUT2D eigenvalue weighted by Gasteiger charge is -2.14. The minimum Gasteiger partial charge on any atom is -0.349 e. The third-order valence-electron chi connectivity index (χ3n) is 4.35. The maximum atomic E-state index is 12.3. The molecule has 1 amide bonds. The molecule has 0 radical (unpaired) electrons. The van der Waals surface area contributed by atoms with Crippen LogP contribution in [-0.4, -0.2) is 16.6 Å². The molecule has 5 heteroatoms. The number of aryl methyl sites for hydroxylation is 1. The first-order valence-electron chi connectivity index (χ1n) is 9.02. The van der Waals surface area contributed by atoms with Crippen LogP contribution < -0.4 is 5.32 Å². The molecular weight excluding hydrogens is 366 g/mol. The van der Waals surface area contributed by atoms with Crippen molar-refractivity contribution in [2.45, 2.75) is 24.9 Å². The number of nitriles is 1. The summed E-state index contributed by atoms with van der Waals surface area (Å²) in [5.74, 6) is 0.115. The number of rotatable bonds is 6. The Morgan fingerprint density at radius 1 is 1.11 bits per heavy atom. The molecule has 0 saturated heterocycles. The molecule has 0 aliphatic heterocycles. The molecule has 1 heterocycles. The van der Waals surface area contributed by atoms with E-state index in [1.807, 2.05) is 74.5 Å². The van der Waals surface area contributed by atoms with E-state index >= 15 is 0 Å². The van der Waals surface area contributed by atoms with Crippen LogP contribution in [0.25, 0.3) is 11.3 Å². The Hall–Kier alpha value is -3.10. The molecule has 28 heavy (non-hydrogen) atoms. The van der Waals surface area contributed by atoms with E-state index in [0.29, 0.717) is 10.6 Å². The highest BCUT2D eigenvalue weighted by Gasteiger charge is 2.13. The van der Waals surface area contributed by atoms with Gasteiger partial charge in [0, 0.05) is 5.56 Å². The SMILES string of the molecule is Cc1ccc(-c2ccc(C#N)c(SCC(=O)N[C@@H](C)c3ccccc3)n2)cc1. The number of nitrogens with one attached hydrogen (secondary N) is 1. The van der Waals surface area contributed by atoms with E-state index < -0.39 is 0 Å². The van der Waals surface area contributed by atoms with Crippen LogP contribution >= 0.6 is 11.8 Å². The van der Waals surface area contributed by atoms with Crippen molar-refractivity contribution in [3.63, 3.8) is 0 Å². The Balaban J connectivity index is 1.69. The first kappa shape index (κ1) is 19.7. The molecule has 0 aliphatic rings. The summed E-state index contributed by atoms with van der Waals surface area (Å²) in [6, 6.07) is 23.6. The highest BCUT2D eigenvalue weighted by molar-refractivity contribution is 8.00. The molecule has 0 saturated carbocycles. The number of carbonyl (C=O) groups excluding carboxylic acids is 1. The predicted octanol–water partition coefficient (Wildman–Crippen LogP) is 4.90. The molecule has 0 fully saturated rings. The molecule has 0 bridgehead atoms. The largest absolute Gasteiger partial charge is 0.349 e. The van der Waals surface area contributed by atoms with E-state index in [2.05, 4.69) is 16.4 Å². The Morgan fingerprint density at radius 2 is 1.82 bits per heavy atom. The number of benzene rings is 2. The second-order valence-electron chi connectivity index (χ2n) is 6.52. The summed E-state index contributed by atoms with van der Waals surface area (Å²) in [7, 11) is 0. The van der Waals surface area contributed by atoms with E-state index in [9.17, 15) is 10.1 Å². The Kier molecular flexibility index (Phi) is 6.46. The Bertz CT molecular complexity index is 995. The average molecular weight is 388 g/mol. The van der Waals surface area contributed by atoms with Crippen LogP contribution in [-0.2, 0) is 4.79 Å². The van der Waals surface area contributed by atoms with Crippen molar-refractivity contribution in [2.24, 2.45) is 0 Å². The number of carbonyl (C=O) groups is 1. The van der Waals surface area contributed by atoms with E-state index in [4.69, 9.17) is 0 Å². The van der Waals surface area contributed by atoms with Gasteiger partial charge < -0.3 is 5.32 Å². The normalized spacial score (nSPS) is 11.5. The topological polar surface area (TPSA) is 65.8 Å². The lowest BCUT2D eigenvalue weighted by molar-refractivity contribution is -0.119. The van der Waals surface area contributed by atoms with Gasteiger partial charge in [-0.1, -0.05) is 71.9 Å². The Labute approximate surface area is 169 Å². The van der Waals surface area contributed by atoms with E-state index in [1.165, 1.54) is 17.3 Å². The highest BCUT2D eigenvalue weighted by atomic mass is 32.2. The van der Waals surface area contributed by atoms with Gasteiger partial charge >= 0.3 is 0 Å². The van der Waals surface area contributed by atoms with Crippen LogP contribution in [0.2, 0.25) is 0 Å². The van der Waals surface area contributed by atoms with E-state index in [-0.39, 0.29) is 17.7 Å². The fourth-order valence-electron chi connectivity index (χ4n) is 2.76. The maximum absolute atomic E-state index is 12.3. The van der Waals surface area contributed by atoms with Gasteiger partial charge in [-0.3, -0.25) is 4.79 Å². The zero-order chi connectivity index (χ0) is 19.9. The zero-order valence-electron chi connectivity index (χ0n) is 15.8. The van der Waals surface area contributed by atoms with Crippen LogP contribution in [0.3, 0.4) is 0 Å². The third kappa shape index (κ3) is 4.99. The molecule has 1 aromatic heterocycles. The number of thioether (sulfide) groups is 1. The number of aromatic nitrogens is 1. The molecule has 0 spiro atoms. The van der Waals surface area contributed by atoms with Gasteiger partial charge in [0.2, 0.25) is 5.91 Å². The van der Waals surface area contributed by atoms with Gasteiger partial charge in [0.05, 0.1) is 23.1 Å². The van der Waals surface area contributed by atoms with Gasteiger partial charge in [0.15, 0.2) is 0 Å². The molecule has 0 aliphatic carbocycles. The fourth-order valence-corrected chi connectivity index (χ4v) is 3.55. The number of hydrogen-bond acceptors (Lipinski definition) is 4. The molecule has 3 aromatic rings. The van der Waals surface area contributed by atoms with Crippen LogP contribution in [0.4, 0.5) is 0 Å². The van der Waals surface area contributed by atoms with Crippen molar-refractivity contribution in [1.82, 2.24) is 10.3 Å². The smallest absolute Gasteiger partial charge is 0.230 e. The highest BCUT2D eigenvalue weighted by Crippen LogP contribution is 2.25. The van der Waals surface area contributed by atoms with E-state index in [0.717, 1.165) is 16.8 Å². The third-order valence-corrected chi connectivity index (χ3v) is 5.34. The molecule has 0 unspecified atom stereocenters. The summed E-state index contributed by atoms with van der Waals surface area (Å²) < 4.78 is 0. The van der Waals surface area contributed by atoms with Crippen LogP contribution in [0.1, 0.15) is 29.7 Å². The summed E-state index contributed by atoms with van der Waals surface area (Å²) in [6.45, 7) is 3.99. The molecule has 1 atom stereocenters. The Morgan fingerprint density at radius 3 is 2.50 bits per heavy atom. The number of pyridine rings is 1. The van der Waals surface area contributed by atoms with Crippen molar-refractivity contribution in [2.75, 3.05) is 5.75 Å². The van der Waals surface area contributed by atoms with Crippen molar-refractivity contribution in [3.05, 3.63) is 83.4 Å². The second kappa shape index (κ2) is 9.20. The first-order valence-corrected chi connectivity index (χ1v) is 10.0. The summed E-state index contributed by atoms with van der Waals surface area (Å²) in [4.78, 5) is 17.0. The molecule has 2 aromatic carbocycles. The minimum atomic E-state index is -0.0900. The maximum Gasteiger partial charge on any atom is 0.230 e. The van der Waals surface area contributed by atoms with Crippen LogP contribution in [0.15, 0.2) is 71.8 Å². The fraction of sp³-hybridized carbons (Fsp3) is 0.174. The van der Waals surface area contributed by atoms with Crippen molar-refractivity contribution < 1.29 is 4.79 Å². The molecule has 4 nitrogen and oxygen atoms in total. The summed E-state index contributed by atoms with van der Waals surface area (Å²) in [5.41, 5.74) is 4.48. The average Bonchev–Trinajstić information content (AvgIpc) is 2.73. The number of amides is 1. The minimum absolute atomic E-state index is 0.0726. The van der Waals surface area contributed by atoms with Crippen molar-refractivity contribution >= 4 is 17.7 Å². The lowest BCUT2D eigenvalue weighted by atomic mass is 10.1. The predicted molar refractivity (Wildman–Crippen MR) is 113 cm³/mol. The molecular formula is C23H21N3OS. The molecule has 140 valence electrons. The first-order chi connectivity index (χ1) is 13.6. The van der Waals surface area contributed by atoms with Crippen molar-refractivity contribution in [3.8, 4) is 17.3 Å². The van der Waals surface area contributed by atoms with Gasteiger partial charge in [-0.05, 0) is 31.5 Å². The monoisotopic (exact) mass is 387 g/mol. The van der Waals surface area contributed by atoms with Gasteiger partial charge in [-0.15, -0.1) is 0 Å². The van der Waals surface area contributed by atoms with Gasteiger partial charge in [-0.25, -0.2) is 4.98 Å². The lowest BCUT2D eigenvalue weighted by Crippen LogP contribution is -2.28. The summed E-state index contributed by atoms with van der Waals surface area (Å²) in [6.07, 6.45) is 0. The van der Waals surface area contributed by atoms with Gasteiger partial charge in [0.1, 0.15) is 11.1 Å². The molecule has 3 rings (SSSR count).